The highest BCUT2D eigenvalue weighted by molar-refractivity contribution is 5.37. The van der Waals surface area contributed by atoms with Crippen LogP contribution in [0.2, 0.25) is 0 Å². The Morgan fingerprint density at radius 1 is 0.448 bits per heavy atom. The van der Waals surface area contributed by atoms with E-state index in [9.17, 15) is 91.9 Å². The van der Waals surface area contributed by atoms with Crippen LogP contribution in [0.25, 0.3) is 0 Å². The Morgan fingerprint density at radius 2 is 0.747 bits per heavy atom. The molecule has 1 aliphatic carbocycles. The lowest BCUT2D eigenvalue weighted by Gasteiger charge is -2.50. The van der Waals surface area contributed by atoms with Gasteiger partial charge in [-0.1, -0.05) is 60.9 Å². The Hall–Kier alpha value is -2.54. The first-order valence-corrected chi connectivity index (χ1v) is 29.1. The number of hydrogen-bond acceptors (Lipinski definition) is 31. The summed E-state index contributed by atoms with van der Waals surface area (Å²) in [5.74, 6) is 0. The average molecular weight is 1260 g/mol. The van der Waals surface area contributed by atoms with E-state index in [-0.39, 0.29) is 5.41 Å². The molecular formula is C56H88O31. The molecule has 22 saturated heterocycles. The van der Waals surface area contributed by atoms with Crippen molar-refractivity contribution in [2.45, 2.75) is 244 Å². The Kier molecular flexibility index (Phi) is 24.6. The number of ether oxygens (including phenoxy) is 13. The highest BCUT2D eigenvalue weighted by atomic mass is 16.8. The summed E-state index contributed by atoms with van der Waals surface area (Å²) < 4.78 is 75.6. The van der Waals surface area contributed by atoms with E-state index in [1.807, 2.05) is 19.1 Å². The molecule has 31 nitrogen and oxygen atoms in total. The highest BCUT2D eigenvalue weighted by Gasteiger charge is 2.59. The van der Waals surface area contributed by atoms with E-state index in [4.69, 9.17) is 61.6 Å². The zero-order valence-electron chi connectivity index (χ0n) is 48.6. The van der Waals surface area contributed by atoms with Crippen molar-refractivity contribution >= 4 is 0 Å². The minimum atomic E-state index is -2.21. The lowest BCUT2D eigenvalue weighted by Crippen LogP contribution is -2.69. The van der Waals surface area contributed by atoms with E-state index in [2.05, 4.69) is 26.8 Å². The standard InChI is InChI=1S/C56H88O31/c1-21(11-12-24-23(3)10-7-13-56(24,4)5)8-6-9-22(2)14-31(62)75-20-30-49-37(68)43(74)55(81-30)86-48-29(19-61)79-53(41(72)35(48)66)84-46-27(17-59)77-51(39(70)33(46)64)82-44-25(15-57)76-50(38(69)32(44)63)83-45-26(16-58)78-52(40(71)34(45)65)85-47-28(18-60)80-54(87-49)42(73)36(47)67/h6,8-9,11-12,14,25-55,57-74H,7,10,13,15-20H2,1-5H3. The van der Waals surface area contributed by atoms with Gasteiger partial charge in [0, 0.05) is 0 Å². The highest BCUT2D eigenvalue weighted by Crippen LogP contribution is 2.42. The fourth-order valence-electron chi connectivity index (χ4n) is 12.1. The Balaban J connectivity index is 1.07. The summed E-state index contributed by atoms with van der Waals surface area (Å²) >= 11 is 0. The number of hydrogen-bond donors (Lipinski definition) is 18. The van der Waals surface area contributed by atoms with E-state index in [1.54, 1.807) is 19.1 Å². The van der Waals surface area contributed by atoms with Gasteiger partial charge >= 0.3 is 0 Å². The fraction of sp³-hybridized carbons (Fsp3) is 0.821. The maximum absolute atomic E-state index is 11.8. The molecular weight excluding hydrogens is 1170 g/mol. The molecule has 23 aliphatic rings. The summed E-state index contributed by atoms with van der Waals surface area (Å²) in [7, 11) is 0. The van der Waals surface area contributed by atoms with Gasteiger partial charge in [0.05, 0.1) is 39.6 Å². The third-order valence-electron chi connectivity index (χ3n) is 17.1. The molecule has 498 valence electrons. The summed E-state index contributed by atoms with van der Waals surface area (Å²) in [5, 5.41) is 201. The predicted octanol–water partition coefficient (Wildman–Crippen LogP) is -7.18. The van der Waals surface area contributed by atoms with E-state index in [0.29, 0.717) is 5.57 Å². The molecule has 31 unspecified atom stereocenters. The van der Waals surface area contributed by atoms with Crippen LogP contribution in [0, 0.1) is 5.41 Å². The van der Waals surface area contributed by atoms with Gasteiger partial charge in [0.25, 0.3) is 0 Å². The number of allylic oxidation sites excluding steroid dienone is 9. The third-order valence-corrected chi connectivity index (χ3v) is 17.1. The first-order chi connectivity index (χ1) is 41.3. The van der Waals surface area contributed by atoms with E-state index in [0.717, 1.165) is 24.8 Å². The van der Waals surface area contributed by atoms with Crippen molar-refractivity contribution < 1.29 is 153 Å². The van der Waals surface area contributed by atoms with Gasteiger partial charge in [-0.25, -0.2) is 0 Å². The van der Waals surface area contributed by atoms with Gasteiger partial charge in [-0.3, -0.25) is 0 Å². The van der Waals surface area contributed by atoms with Crippen LogP contribution in [-0.2, 0) is 61.6 Å². The molecule has 31 atom stereocenters. The lowest BCUT2D eigenvalue weighted by molar-refractivity contribution is -0.404. The molecule has 0 radical (unpaired) electrons. The van der Waals surface area contributed by atoms with Crippen molar-refractivity contribution in [3.63, 3.8) is 0 Å². The van der Waals surface area contributed by atoms with Crippen LogP contribution in [0.15, 0.2) is 58.7 Å². The number of aliphatic hydroxyl groups excluding tert-OH is 18. The van der Waals surface area contributed by atoms with Crippen molar-refractivity contribution in [2.75, 3.05) is 39.6 Å². The van der Waals surface area contributed by atoms with Crippen LogP contribution in [0.3, 0.4) is 0 Å². The molecule has 87 heavy (non-hydrogen) atoms. The molecule has 0 spiro atoms. The van der Waals surface area contributed by atoms with Gasteiger partial charge in [0.2, 0.25) is 0 Å². The summed E-state index contributed by atoms with van der Waals surface area (Å²) in [6, 6.07) is 0. The minimum absolute atomic E-state index is 0.0501. The largest absolute Gasteiger partial charge is 0.394 e. The Labute approximate surface area is 500 Å². The predicted molar refractivity (Wildman–Crippen MR) is 287 cm³/mol. The molecule has 0 aromatic rings. The second kappa shape index (κ2) is 30.5. The molecule has 23 rings (SSSR count). The molecule has 22 aliphatic heterocycles. The van der Waals surface area contributed by atoms with E-state index >= 15 is 0 Å². The van der Waals surface area contributed by atoms with Crippen LogP contribution in [0.4, 0.5) is 0 Å². The van der Waals surface area contributed by atoms with Gasteiger partial charge in [-0.15, -0.1) is 0 Å². The number of rotatable bonds is 13. The zero-order valence-corrected chi connectivity index (χ0v) is 48.6. The zero-order chi connectivity index (χ0) is 63.5. The van der Waals surface area contributed by atoms with E-state index < -0.39 is 230 Å². The molecule has 22 heterocycles. The molecule has 0 aromatic heterocycles. The van der Waals surface area contributed by atoms with Gasteiger partial charge < -0.3 is 153 Å². The molecule has 0 saturated carbocycles. The molecule has 0 aromatic carbocycles. The first kappa shape index (κ1) is 70.3. The molecule has 12 bridgehead atoms. The van der Waals surface area contributed by atoms with Gasteiger partial charge in [0.1, 0.15) is 146 Å². The molecule has 18 N–H and O–H groups in total. The molecule has 0 amide bonds. The first-order valence-electron chi connectivity index (χ1n) is 29.1. The third kappa shape index (κ3) is 15.6. The van der Waals surface area contributed by atoms with Crippen LogP contribution in [-0.4, -0.2) is 322 Å². The lowest BCUT2D eigenvalue weighted by atomic mass is 9.72. The van der Waals surface area contributed by atoms with Crippen molar-refractivity contribution in [3.05, 3.63) is 58.7 Å². The smallest absolute Gasteiger partial charge is 0.187 e. The normalized spacial score (nSPS) is 47.6. The maximum Gasteiger partial charge on any atom is 0.187 e. The van der Waals surface area contributed by atoms with Crippen LogP contribution < -0.4 is 0 Å². The fourth-order valence-corrected chi connectivity index (χ4v) is 12.1. The maximum atomic E-state index is 11.8. The summed E-state index contributed by atoms with van der Waals surface area (Å²) in [5.41, 5.74) is 4.16. The Morgan fingerprint density at radius 3 is 1.05 bits per heavy atom. The van der Waals surface area contributed by atoms with Crippen molar-refractivity contribution in [3.8, 4) is 0 Å². The quantitative estimate of drug-likeness (QED) is 0.0602. The molecule has 31 heteroatoms. The summed E-state index contributed by atoms with van der Waals surface area (Å²) in [4.78, 5) is 0. The number of aliphatic hydroxyl groups is 18. The van der Waals surface area contributed by atoms with Gasteiger partial charge in [-0.05, 0) is 57.1 Å². The van der Waals surface area contributed by atoms with Crippen LogP contribution in [0.1, 0.15) is 53.9 Å². The summed E-state index contributed by atoms with van der Waals surface area (Å²) in [6.07, 6.45) is -47.3. The van der Waals surface area contributed by atoms with Crippen molar-refractivity contribution in [2.24, 2.45) is 5.41 Å². The Bertz CT molecular complexity index is 2340. The van der Waals surface area contributed by atoms with Gasteiger partial charge in [-0.2, -0.15) is 0 Å². The van der Waals surface area contributed by atoms with Crippen LogP contribution >= 0.6 is 0 Å². The van der Waals surface area contributed by atoms with Crippen molar-refractivity contribution in [1.82, 2.24) is 0 Å². The molecule has 22 fully saturated rings. The van der Waals surface area contributed by atoms with Gasteiger partial charge in [0.15, 0.2) is 44.0 Å². The average Bonchev–Trinajstić information content (AvgIpc) is 1.50. The minimum Gasteiger partial charge on any atom is -0.394 e. The monoisotopic (exact) mass is 1260 g/mol. The van der Waals surface area contributed by atoms with Crippen molar-refractivity contribution in [1.29, 1.82) is 0 Å². The second-order valence-electron chi connectivity index (χ2n) is 23.8. The topological polar surface area (TPSA) is 484 Å². The second-order valence-corrected chi connectivity index (χ2v) is 23.8. The van der Waals surface area contributed by atoms with E-state index in [1.165, 1.54) is 17.2 Å². The SMILES string of the molecule is CC(C=CC1=C(C)CCCC1(C)C)=CC=CC(C)=CC(O)OCC1OC2OC3C(CO)OC(OC4C(CO)OC(OC5C(CO)OC(OC6C(CO)OC(OC7C(CO)OC(OC1C(O)C2O)C(O)C7O)C(O)C6O)C(O)C5O)C(O)C4O)C(O)C3O. The van der Waals surface area contributed by atoms with Crippen LogP contribution in [0.5, 0.6) is 0 Å². The summed E-state index contributed by atoms with van der Waals surface area (Å²) in [6.45, 7) is 4.36.